The Balaban J connectivity index is 2.04. The lowest BCUT2D eigenvalue weighted by Crippen LogP contribution is -1.86. The largest absolute Gasteiger partial charge is 0.344 e. The van der Waals surface area contributed by atoms with E-state index in [2.05, 4.69) is 94.3 Å². The van der Waals surface area contributed by atoms with Gasteiger partial charge < -0.3 is 4.57 Å². The molecule has 0 bridgehead atoms. The van der Waals surface area contributed by atoms with E-state index in [1.54, 1.807) is 0 Å². The topological polar surface area (TPSA) is 4.93 Å². The molecule has 0 aliphatic carbocycles. The highest BCUT2D eigenvalue weighted by atomic mass is 79.9. The lowest BCUT2D eigenvalue weighted by atomic mass is 10.0. The molecular weight excluding hydrogens is 322 g/mol. The van der Waals surface area contributed by atoms with Gasteiger partial charge in [0.2, 0.25) is 0 Å². The fourth-order valence-corrected chi connectivity index (χ4v) is 3.41. The maximum Gasteiger partial charge on any atom is 0.0489 e. The number of nitrogens with zero attached hydrogens (tertiary/aromatic N) is 1. The third kappa shape index (κ3) is 1.98. The Hall–Kier alpha value is -2.06. The predicted molar refractivity (Wildman–Crippen MR) is 93.6 cm³/mol. The van der Waals surface area contributed by atoms with Crippen molar-refractivity contribution < 1.29 is 0 Å². The van der Waals surface area contributed by atoms with Gasteiger partial charge in [0.05, 0.1) is 0 Å². The number of aromatic nitrogens is 1. The highest BCUT2D eigenvalue weighted by Crippen LogP contribution is 2.32. The third-order valence-electron chi connectivity index (χ3n) is 4.07. The Bertz CT molecular complexity index is 966. The first kappa shape index (κ1) is 12.7. The third-order valence-corrected chi connectivity index (χ3v) is 4.56. The highest BCUT2D eigenvalue weighted by Gasteiger charge is 2.08. The van der Waals surface area contributed by atoms with Crippen LogP contribution in [0, 0.1) is 0 Å². The first-order valence-corrected chi connectivity index (χ1v) is 7.76. The van der Waals surface area contributed by atoms with Crippen LogP contribution in [-0.2, 0) is 7.05 Å². The van der Waals surface area contributed by atoms with Gasteiger partial charge in [-0.25, -0.2) is 0 Å². The molecule has 0 amide bonds. The number of rotatable bonds is 1. The average Bonchev–Trinajstić information content (AvgIpc) is 2.81. The van der Waals surface area contributed by atoms with E-state index in [0.717, 1.165) is 4.47 Å². The van der Waals surface area contributed by atoms with Crippen LogP contribution in [0.3, 0.4) is 0 Å². The van der Waals surface area contributed by atoms with E-state index < -0.39 is 0 Å². The Morgan fingerprint density at radius 1 is 0.714 bits per heavy atom. The molecule has 0 atom stereocenters. The molecule has 3 aromatic carbocycles. The second-order valence-corrected chi connectivity index (χ2v) is 6.23. The molecule has 1 aromatic heterocycles. The minimum Gasteiger partial charge on any atom is -0.344 e. The molecular formula is C19H14BrN. The standard InChI is InChI=1S/C19H14BrN/c1-21-18-8-3-2-7-16(18)17-12-14(9-10-19(17)21)13-5-4-6-15(20)11-13/h2-12H,1H3. The molecule has 0 aliphatic rings. The summed E-state index contributed by atoms with van der Waals surface area (Å²) in [5.41, 5.74) is 5.04. The molecule has 4 aromatic rings. The van der Waals surface area contributed by atoms with Crippen LogP contribution in [0.15, 0.2) is 71.2 Å². The van der Waals surface area contributed by atoms with Crippen LogP contribution in [0.1, 0.15) is 0 Å². The van der Waals surface area contributed by atoms with Gasteiger partial charge in [0.15, 0.2) is 0 Å². The Morgan fingerprint density at radius 2 is 1.48 bits per heavy atom. The molecule has 0 N–H and O–H groups in total. The van der Waals surface area contributed by atoms with E-state index in [0.29, 0.717) is 0 Å². The summed E-state index contributed by atoms with van der Waals surface area (Å²) in [5, 5.41) is 2.62. The number of hydrogen-bond donors (Lipinski definition) is 0. The molecule has 0 unspecified atom stereocenters. The van der Waals surface area contributed by atoms with Crippen molar-refractivity contribution in [3.63, 3.8) is 0 Å². The summed E-state index contributed by atoms with van der Waals surface area (Å²) in [6.45, 7) is 0. The Labute approximate surface area is 132 Å². The van der Waals surface area contributed by atoms with Crippen LogP contribution >= 0.6 is 15.9 Å². The van der Waals surface area contributed by atoms with Crippen molar-refractivity contribution in [1.82, 2.24) is 4.57 Å². The monoisotopic (exact) mass is 335 g/mol. The zero-order valence-electron chi connectivity index (χ0n) is 11.7. The molecule has 0 aliphatic heterocycles. The first-order chi connectivity index (χ1) is 10.2. The van der Waals surface area contributed by atoms with Crippen molar-refractivity contribution in [2.24, 2.45) is 7.05 Å². The minimum absolute atomic E-state index is 1.11. The zero-order valence-corrected chi connectivity index (χ0v) is 13.3. The SMILES string of the molecule is Cn1c2ccccc2c2cc(-c3cccc(Br)c3)ccc21. The van der Waals surface area contributed by atoms with E-state index in [4.69, 9.17) is 0 Å². The summed E-state index contributed by atoms with van der Waals surface area (Å²) in [7, 11) is 2.13. The number of para-hydroxylation sites is 1. The minimum atomic E-state index is 1.11. The maximum atomic E-state index is 3.55. The number of halogens is 1. The normalized spacial score (nSPS) is 11.3. The fraction of sp³-hybridized carbons (Fsp3) is 0.0526. The second kappa shape index (κ2) is 4.74. The smallest absolute Gasteiger partial charge is 0.0489 e. The quantitative estimate of drug-likeness (QED) is 0.416. The first-order valence-electron chi connectivity index (χ1n) is 6.97. The van der Waals surface area contributed by atoms with E-state index in [1.807, 2.05) is 0 Å². The lowest BCUT2D eigenvalue weighted by molar-refractivity contribution is 1.01. The second-order valence-electron chi connectivity index (χ2n) is 5.32. The fourth-order valence-electron chi connectivity index (χ4n) is 3.02. The van der Waals surface area contributed by atoms with Crippen molar-refractivity contribution in [3.05, 3.63) is 71.2 Å². The summed E-state index contributed by atoms with van der Waals surface area (Å²) < 4.78 is 3.37. The van der Waals surface area contributed by atoms with Gasteiger partial charge in [-0.3, -0.25) is 0 Å². The number of benzene rings is 3. The van der Waals surface area contributed by atoms with Gasteiger partial charge in [-0.2, -0.15) is 0 Å². The van der Waals surface area contributed by atoms with Gasteiger partial charge in [0, 0.05) is 33.3 Å². The molecule has 1 heterocycles. The summed E-state index contributed by atoms with van der Waals surface area (Å²) >= 11 is 3.55. The molecule has 2 heteroatoms. The summed E-state index contributed by atoms with van der Waals surface area (Å²) in [6, 6.07) is 23.7. The lowest BCUT2D eigenvalue weighted by Gasteiger charge is -2.04. The maximum absolute atomic E-state index is 3.55. The van der Waals surface area contributed by atoms with Gasteiger partial charge in [-0.1, -0.05) is 52.3 Å². The summed E-state index contributed by atoms with van der Waals surface area (Å²) in [5.74, 6) is 0. The van der Waals surface area contributed by atoms with Gasteiger partial charge in [-0.15, -0.1) is 0 Å². The summed E-state index contributed by atoms with van der Waals surface area (Å²) in [6.07, 6.45) is 0. The van der Waals surface area contributed by atoms with Crippen LogP contribution in [-0.4, -0.2) is 4.57 Å². The zero-order chi connectivity index (χ0) is 14.4. The molecule has 21 heavy (non-hydrogen) atoms. The van der Waals surface area contributed by atoms with E-state index >= 15 is 0 Å². The molecule has 0 saturated heterocycles. The van der Waals surface area contributed by atoms with Crippen LogP contribution in [0.2, 0.25) is 0 Å². The van der Waals surface area contributed by atoms with Gasteiger partial charge in [0.1, 0.15) is 0 Å². The molecule has 0 saturated carbocycles. The van der Waals surface area contributed by atoms with Crippen molar-refractivity contribution in [3.8, 4) is 11.1 Å². The highest BCUT2D eigenvalue weighted by molar-refractivity contribution is 9.10. The van der Waals surface area contributed by atoms with Crippen molar-refractivity contribution in [2.45, 2.75) is 0 Å². The number of aryl methyl sites for hydroxylation is 1. The van der Waals surface area contributed by atoms with Crippen molar-refractivity contribution in [2.75, 3.05) is 0 Å². The van der Waals surface area contributed by atoms with Gasteiger partial charge in [0.25, 0.3) is 0 Å². The molecule has 0 radical (unpaired) electrons. The van der Waals surface area contributed by atoms with Crippen molar-refractivity contribution >= 4 is 37.7 Å². The van der Waals surface area contributed by atoms with Gasteiger partial charge in [-0.05, 0) is 41.5 Å². The summed E-state index contributed by atoms with van der Waals surface area (Å²) in [4.78, 5) is 0. The van der Waals surface area contributed by atoms with Crippen LogP contribution in [0.4, 0.5) is 0 Å². The van der Waals surface area contributed by atoms with Crippen LogP contribution in [0.25, 0.3) is 32.9 Å². The van der Waals surface area contributed by atoms with E-state index in [1.165, 1.54) is 32.9 Å². The van der Waals surface area contributed by atoms with Gasteiger partial charge >= 0.3 is 0 Å². The molecule has 0 spiro atoms. The molecule has 0 fully saturated rings. The predicted octanol–water partition coefficient (Wildman–Crippen LogP) is 5.76. The number of hydrogen-bond acceptors (Lipinski definition) is 0. The van der Waals surface area contributed by atoms with E-state index in [9.17, 15) is 0 Å². The number of fused-ring (bicyclic) bond motifs is 3. The Morgan fingerprint density at radius 3 is 2.33 bits per heavy atom. The van der Waals surface area contributed by atoms with E-state index in [-0.39, 0.29) is 0 Å². The molecule has 102 valence electrons. The molecule has 4 rings (SSSR count). The Kier molecular flexibility index (Phi) is 2.86. The van der Waals surface area contributed by atoms with Crippen LogP contribution < -0.4 is 0 Å². The van der Waals surface area contributed by atoms with Crippen molar-refractivity contribution in [1.29, 1.82) is 0 Å². The average molecular weight is 336 g/mol. The van der Waals surface area contributed by atoms with Crippen LogP contribution in [0.5, 0.6) is 0 Å². The molecule has 1 nitrogen and oxygen atoms in total.